The number of carbonyl (C=O) groups is 1. The molecule has 0 saturated heterocycles. The summed E-state index contributed by atoms with van der Waals surface area (Å²) in [6.07, 6.45) is 8.02. The number of hydrogen-bond donors (Lipinski definition) is 1. The van der Waals surface area contributed by atoms with Gasteiger partial charge in [-0.05, 0) is 24.3 Å². The number of amides is 1. The summed E-state index contributed by atoms with van der Waals surface area (Å²) >= 11 is 0. The lowest BCUT2D eigenvalue weighted by Gasteiger charge is -2.16. The van der Waals surface area contributed by atoms with Gasteiger partial charge in [0.2, 0.25) is 5.91 Å². The largest absolute Gasteiger partial charge is 0.273 e. The maximum Gasteiger partial charge on any atom is 0.269 e. The summed E-state index contributed by atoms with van der Waals surface area (Å²) in [5.41, 5.74) is 3.26. The summed E-state index contributed by atoms with van der Waals surface area (Å²) in [6, 6.07) is 5.97. The molecular weight excluding hydrogens is 270 g/mol. The van der Waals surface area contributed by atoms with Crippen LogP contribution in [0.2, 0.25) is 0 Å². The summed E-state index contributed by atoms with van der Waals surface area (Å²) in [5.74, 6) is 0.259. The monoisotopic (exact) mass is 289 g/mol. The SMILES string of the molecule is O=C(Cc1ccc([N+](=O)[O-])cc1)N/N=C/C1CCCCC1. The van der Waals surface area contributed by atoms with Crippen LogP contribution < -0.4 is 5.43 Å². The highest BCUT2D eigenvalue weighted by Crippen LogP contribution is 2.21. The molecule has 0 aliphatic heterocycles. The van der Waals surface area contributed by atoms with E-state index < -0.39 is 4.92 Å². The first kappa shape index (κ1) is 15.2. The fourth-order valence-corrected chi connectivity index (χ4v) is 2.46. The van der Waals surface area contributed by atoms with Crippen LogP contribution in [0.15, 0.2) is 29.4 Å². The molecule has 0 spiro atoms. The van der Waals surface area contributed by atoms with Crippen LogP contribution in [0.4, 0.5) is 5.69 Å². The minimum atomic E-state index is -0.460. The van der Waals surface area contributed by atoms with E-state index in [1.807, 2.05) is 6.21 Å². The first-order valence-electron chi connectivity index (χ1n) is 7.20. The van der Waals surface area contributed by atoms with Gasteiger partial charge in [0, 0.05) is 18.3 Å². The van der Waals surface area contributed by atoms with Crippen molar-refractivity contribution in [3.8, 4) is 0 Å². The summed E-state index contributed by atoms with van der Waals surface area (Å²) in [5, 5.41) is 14.5. The number of nitrogens with one attached hydrogen (secondary N) is 1. The zero-order valence-corrected chi connectivity index (χ0v) is 11.8. The standard InChI is InChI=1S/C15H19N3O3/c19-15(17-16-11-13-4-2-1-3-5-13)10-12-6-8-14(9-7-12)18(20)21/h6-9,11,13H,1-5,10H2,(H,17,19)/b16-11+. The van der Waals surface area contributed by atoms with E-state index in [1.54, 1.807) is 12.1 Å². The Kier molecular flexibility index (Phi) is 5.43. The second kappa shape index (κ2) is 7.52. The van der Waals surface area contributed by atoms with Crippen LogP contribution in [0.1, 0.15) is 37.7 Å². The van der Waals surface area contributed by atoms with E-state index in [-0.39, 0.29) is 18.0 Å². The van der Waals surface area contributed by atoms with Gasteiger partial charge in [-0.15, -0.1) is 0 Å². The van der Waals surface area contributed by atoms with Gasteiger partial charge in [0.25, 0.3) is 5.69 Å². The lowest BCUT2D eigenvalue weighted by molar-refractivity contribution is -0.384. The number of nitrogens with zero attached hydrogens (tertiary/aromatic N) is 2. The molecule has 0 unspecified atom stereocenters. The van der Waals surface area contributed by atoms with E-state index in [4.69, 9.17) is 0 Å². The topological polar surface area (TPSA) is 84.6 Å². The molecule has 1 aromatic rings. The normalized spacial score (nSPS) is 16.0. The maximum absolute atomic E-state index is 11.7. The Labute approximate surface area is 123 Å². The highest BCUT2D eigenvalue weighted by Gasteiger charge is 2.11. The fourth-order valence-electron chi connectivity index (χ4n) is 2.46. The average Bonchev–Trinajstić information content (AvgIpc) is 2.49. The Morgan fingerprint density at radius 3 is 2.57 bits per heavy atom. The van der Waals surface area contributed by atoms with Crippen molar-refractivity contribution in [3.63, 3.8) is 0 Å². The fraction of sp³-hybridized carbons (Fsp3) is 0.467. The van der Waals surface area contributed by atoms with Crippen molar-refractivity contribution in [1.82, 2.24) is 5.43 Å². The Hall–Kier alpha value is -2.24. The van der Waals surface area contributed by atoms with Gasteiger partial charge < -0.3 is 0 Å². The van der Waals surface area contributed by atoms with Crippen molar-refractivity contribution in [3.05, 3.63) is 39.9 Å². The van der Waals surface area contributed by atoms with E-state index in [0.717, 1.165) is 18.4 Å². The zero-order valence-electron chi connectivity index (χ0n) is 11.8. The van der Waals surface area contributed by atoms with Gasteiger partial charge in [-0.3, -0.25) is 14.9 Å². The number of nitro groups is 1. The van der Waals surface area contributed by atoms with Gasteiger partial charge >= 0.3 is 0 Å². The molecule has 2 rings (SSSR count). The number of hydrogen-bond acceptors (Lipinski definition) is 4. The van der Waals surface area contributed by atoms with Crippen molar-refractivity contribution in [2.45, 2.75) is 38.5 Å². The third-order valence-electron chi connectivity index (χ3n) is 3.64. The highest BCUT2D eigenvalue weighted by atomic mass is 16.6. The number of nitro benzene ring substituents is 1. The van der Waals surface area contributed by atoms with Crippen LogP contribution in [0.3, 0.4) is 0 Å². The molecule has 1 aliphatic carbocycles. The quantitative estimate of drug-likeness (QED) is 0.514. The molecule has 0 radical (unpaired) electrons. The van der Waals surface area contributed by atoms with Crippen LogP contribution in [0.5, 0.6) is 0 Å². The zero-order chi connectivity index (χ0) is 15.1. The van der Waals surface area contributed by atoms with Gasteiger partial charge in [0.1, 0.15) is 0 Å². The smallest absolute Gasteiger partial charge is 0.269 e. The van der Waals surface area contributed by atoms with Gasteiger partial charge in [-0.25, -0.2) is 5.43 Å². The van der Waals surface area contributed by atoms with E-state index in [2.05, 4.69) is 10.5 Å². The molecule has 21 heavy (non-hydrogen) atoms. The summed E-state index contributed by atoms with van der Waals surface area (Å²) in [7, 11) is 0. The molecular formula is C15H19N3O3. The molecule has 6 nitrogen and oxygen atoms in total. The van der Waals surface area contributed by atoms with Crippen LogP contribution in [0.25, 0.3) is 0 Å². The van der Waals surface area contributed by atoms with E-state index >= 15 is 0 Å². The second-order valence-corrected chi connectivity index (χ2v) is 5.31. The minimum absolute atomic E-state index is 0.0227. The molecule has 6 heteroatoms. The Morgan fingerprint density at radius 1 is 1.29 bits per heavy atom. The predicted octanol–water partition coefficient (Wildman–Crippen LogP) is 2.82. The molecule has 1 N–H and O–H groups in total. The number of rotatable bonds is 5. The number of hydrazone groups is 1. The number of carbonyl (C=O) groups excluding carboxylic acids is 1. The van der Waals surface area contributed by atoms with Crippen LogP contribution in [0, 0.1) is 16.0 Å². The maximum atomic E-state index is 11.7. The molecule has 1 aromatic carbocycles. The predicted molar refractivity (Wildman–Crippen MR) is 80.0 cm³/mol. The van der Waals surface area contributed by atoms with Gasteiger partial charge in [0.15, 0.2) is 0 Å². The molecule has 0 aromatic heterocycles. The molecule has 0 bridgehead atoms. The average molecular weight is 289 g/mol. The molecule has 1 saturated carbocycles. The first-order valence-corrected chi connectivity index (χ1v) is 7.20. The van der Waals surface area contributed by atoms with E-state index in [0.29, 0.717) is 5.92 Å². The minimum Gasteiger partial charge on any atom is -0.273 e. The lowest BCUT2D eigenvalue weighted by Crippen LogP contribution is -2.21. The molecule has 0 atom stereocenters. The third-order valence-corrected chi connectivity index (χ3v) is 3.64. The first-order chi connectivity index (χ1) is 10.1. The van der Waals surface area contributed by atoms with Crippen molar-refractivity contribution in [1.29, 1.82) is 0 Å². The molecule has 112 valence electrons. The van der Waals surface area contributed by atoms with Crippen molar-refractivity contribution < 1.29 is 9.72 Å². The van der Waals surface area contributed by atoms with Crippen LogP contribution in [-0.4, -0.2) is 17.0 Å². The van der Waals surface area contributed by atoms with E-state index in [1.165, 1.54) is 31.4 Å². The summed E-state index contributed by atoms with van der Waals surface area (Å²) in [4.78, 5) is 21.8. The van der Waals surface area contributed by atoms with Gasteiger partial charge in [0.05, 0.1) is 11.3 Å². The summed E-state index contributed by atoms with van der Waals surface area (Å²) in [6.45, 7) is 0. The van der Waals surface area contributed by atoms with Crippen molar-refractivity contribution >= 4 is 17.8 Å². The summed E-state index contributed by atoms with van der Waals surface area (Å²) < 4.78 is 0. The van der Waals surface area contributed by atoms with E-state index in [9.17, 15) is 14.9 Å². The number of non-ortho nitro benzene ring substituents is 1. The van der Waals surface area contributed by atoms with Crippen LogP contribution >= 0.6 is 0 Å². The molecule has 1 aliphatic rings. The van der Waals surface area contributed by atoms with Crippen molar-refractivity contribution in [2.75, 3.05) is 0 Å². The molecule has 0 heterocycles. The van der Waals surface area contributed by atoms with Crippen LogP contribution in [-0.2, 0) is 11.2 Å². The second-order valence-electron chi connectivity index (χ2n) is 5.31. The Bertz CT molecular complexity index is 519. The lowest BCUT2D eigenvalue weighted by atomic mass is 9.90. The van der Waals surface area contributed by atoms with Gasteiger partial charge in [-0.1, -0.05) is 31.4 Å². The Balaban J connectivity index is 1.78. The third kappa shape index (κ3) is 4.98. The van der Waals surface area contributed by atoms with Crippen molar-refractivity contribution in [2.24, 2.45) is 11.0 Å². The van der Waals surface area contributed by atoms with Gasteiger partial charge in [-0.2, -0.15) is 5.10 Å². The highest BCUT2D eigenvalue weighted by molar-refractivity contribution is 5.79. The molecule has 1 fully saturated rings. The number of benzene rings is 1. The Morgan fingerprint density at radius 2 is 1.95 bits per heavy atom. The molecule has 1 amide bonds.